The number of amides is 1. The molecule has 6 nitrogen and oxygen atoms in total. The summed E-state index contributed by atoms with van der Waals surface area (Å²) in [6.07, 6.45) is 4.96. The summed E-state index contributed by atoms with van der Waals surface area (Å²) in [5, 5.41) is 3.86. The Labute approximate surface area is 201 Å². The molecule has 0 spiro atoms. The number of hydrogen-bond donors (Lipinski definition) is 1. The second-order valence-corrected chi connectivity index (χ2v) is 8.47. The molecule has 7 heteroatoms. The SMILES string of the molecule is Cc1cc(Cl)ccc1C(NC(=O)Cc1ccc2oc(-c3cncnc3)nc2c1)c1ccccc1. The number of hydrogen-bond acceptors (Lipinski definition) is 5. The topological polar surface area (TPSA) is 80.9 Å². The minimum atomic E-state index is -0.286. The van der Waals surface area contributed by atoms with Gasteiger partial charge in [0.05, 0.1) is 18.0 Å². The molecule has 0 bridgehead atoms. The first-order valence-corrected chi connectivity index (χ1v) is 11.2. The van der Waals surface area contributed by atoms with Crippen LogP contribution in [0.25, 0.3) is 22.6 Å². The number of rotatable bonds is 6. The van der Waals surface area contributed by atoms with E-state index in [1.807, 2.05) is 73.7 Å². The van der Waals surface area contributed by atoms with Gasteiger partial charge in [-0.05, 0) is 53.4 Å². The van der Waals surface area contributed by atoms with Crippen molar-refractivity contribution in [2.24, 2.45) is 0 Å². The Morgan fingerprint density at radius 1 is 1.03 bits per heavy atom. The highest BCUT2D eigenvalue weighted by Gasteiger charge is 2.19. The zero-order chi connectivity index (χ0) is 23.5. The zero-order valence-electron chi connectivity index (χ0n) is 18.4. The number of carbonyl (C=O) groups excluding carboxylic acids is 1. The van der Waals surface area contributed by atoms with E-state index in [1.165, 1.54) is 6.33 Å². The lowest BCUT2D eigenvalue weighted by atomic mass is 9.94. The van der Waals surface area contributed by atoms with Crippen LogP contribution in [0.15, 0.2) is 89.9 Å². The van der Waals surface area contributed by atoms with Crippen LogP contribution in [0.3, 0.4) is 0 Å². The van der Waals surface area contributed by atoms with Gasteiger partial charge in [0.15, 0.2) is 5.58 Å². The van der Waals surface area contributed by atoms with Gasteiger partial charge in [0.2, 0.25) is 11.8 Å². The summed E-state index contributed by atoms with van der Waals surface area (Å²) in [7, 11) is 0. The highest BCUT2D eigenvalue weighted by molar-refractivity contribution is 6.30. The van der Waals surface area contributed by atoms with E-state index in [4.69, 9.17) is 16.0 Å². The molecule has 0 saturated carbocycles. The second kappa shape index (κ2) is 9.45. The number of aryl methyl sites for hydroxylation is 1. The maximum atomic E-state index is 13.1. The molecule has 0 saturated heterocycles. The Kier molecular flexibility index (Phi) is 6.06. The van der Waals surface area contributed by atoms with Crippen molar-refractivity contribution in [1.29, 1.82) is 0 Å². The standard InChI is InChI=1S/C27H21ClN4O2/c1-17-11-21(28)8-9-22(17)26(19-5-3-2-4-6-19)32-25(33)13-18-7-10-24-23(12-18)31-27(34-24)20-14-29-16-30-15-20/h2-12,14-16,26H,13H2,1H3,(H,32,33). The average Bonchev–Trinajstić information content (AvgIpc) is 3.28. The molecule has 3 aromatic carbocycles. The molecule has 5 rings (SSSR count). The minimum Gasteiger partial charge on any atom is -0.436 e. The number of carbonyl (C=O) groups is 1. The van der Waals surface area contributed by atoms with Crippen LogP contribution >= 0.6 is 11.6 Å². The molecular weight excluding hydrogens is 448 g/mol. The quantitative estimate of drug-likeness (QED) is 0.346. The number of halogens is 1. The highest BCUT2D eigenvalue weighted by atomic mass is 35.5. The van der Waals surface area contributed by atoms with Crippen molar-refractivity contribution in [2.45, 2.75) is 19.4 Å². The fraction of sp³-hybridized carbons (Fsp3) is 0.111. The lowest BCUT2D eigenvalue weighted by molar-refractivity contribution is -0.120. The van der Waals surface area contributed by atoms with Gasteiger partial charge in [-0.1, -0.05) is 54.1 Å². The summed E-state index contributed by atoms with van der Waals surface area (Å²) in [4.78, 5) is 25.7. The zero-order valence-corrected chi connectivity index (χ0v) is 19.2. The van der Waals surface area contributed by atoms with Gasteiger partial charge in [0.1, 0.15) is 11.8 Å². The van der Waals surface area contributed by atoms with Crippen LogP contribution in [-0.2, 0) is 11.2 Å². The first-order chi connectivity index (χ1) is 16.6. The van der Waals surface area contributed by atoms with E-state index in [0.717, 1.165) is 22.3 Å². The maximum Gasteiger partial charge on any atom is 0.230 e. The highest BCUT2D eigenvalue weighted by Crippen LogP contribution is 2.28. The van der Waals surface area contributed by atoms with Crippen molar-refractivity contribution in [3.05, 3.63) is 113 Å². The van der Waals surface area contributed by atoms with Crippen molar-refractivity contribution in [3.63, 3.8) is 0 Å². The molecule has 1 unspecified atom stereocenters. The van der Waals surface area contributed by atoms with Crippen LogP contribution in [0, 0.1) is 6.92 Å². The third-order valence-corrected chi connectivity index (χ3v) is 5.84. The molecule has 2 heterocycles. The van der Waals surface area contributed by atoms with Crippen LogP contribution in [0.5, 0.6) is 0 Å². The molecule has 1 amide bonds. The predicted octanol–water partition coefficient (Wildman–Crippen LogP) is 5.69. The van der Waals surface area contributed by atoms with Crippen LogP contribution in [0.4, 0.5) is 0 Å². The Morgan fingerprint density at radius 2 is 1.82 bits per heavy atom. The van der Waals surface area contributed by atoms with E-state index in [1.54, 1.807) is 12.4 Å². The van der Waals surface area contributed by atoms with E-state index in [0.29, 0.717) is 27.6 Å². The molecule has 0 radical (unpaired) electrons. The van der Waals surface area contributed by atoms with Gasteiger partial charge in [-0.15, -0.1) is 0 Å². The van der Waals surface area contributed by atoms with Gasteiger partial charge < -0.3 is 9.73 Å². The number of benzene rings is 3. The lowest BCUT2D eigenvalue weighted by Crippen LogP contribution is -2.31. The van der Waals surface area contributed by atoms with Crippen molar-refractivity contribution < 1.29 is 9.21 Å². The van der Waals surface area contributed by atoms with Gasteiger partial charge in [0.25, 0.3) is 0 Å². The maximum absolute atomic E-state index is 13.1. The fourth-order valence-corrected chi connectivity index (χ4v) is 4.19. The van der Waals surface area contributed by atoms with Crippen LogP contribution in [-0.4, -0.2) is 20.9 Å². The van der Waals surface area contributed by atoms with E-state index < -0.39 is 0 Å². The molecule has 34 heavy (non-hydrogen) atoms. The molecule has 5 aromatic rings. The predicted molar refractivity (Wildman–Crippen MR) is 131 cm³/mol. The molecule has 0 fully saturated rings. The molecule has 1 atom stereocenters. The van der Waals surface area contributed by atoms with E-state index in [2.05, 4.69) is 20.3 Å². The Hall–Kier alpha value is -4.03. The summed E-state index contributed by atoms with van der Waals surface area (Å²) in [6.45, 7) is 2.00. The number of oxazole rings is 1. The first kappa shape index (κ1) is 21.8. The van der Waals surface area contributed by atoms with Gasteiger partial charge in [-0.2, -0.15) is 0 Å². The monoisotopic (exact) mass is 468 g/mol. The Morgan fingerprint density at radius 3 is 2.59 bits per heavy atom. The van der Waals surface area contributed by atoms with Crippen LogP contribution < -0.4 is 5.32 Å². The Balaban J connectivity index is 1.39. The number of nitrogens with zero attached hydrogens (tertiary/aromatic N) is 3. The smallest absolute Gasteiger partial charge is 0.230 e. The normalized spacial score (nSPS) is 11.9. The first-order valence-electron chi connectivity index (χ1n) is 10.8. The number of nitrogens with one attached hydrogen (secondary N) is 1. The molecule has 1 N–H and O–H groups in total. The fourth-order valence-electron chi connectivity index (χ4n) is 3.96. The van der Waals surface area contributed by atoms with Gasteiger partial charge in [0, 0.05) is 17.4 Å². The summed E-state index contributed by atoms with van der Waals surface area (Å²) >= 11 is 6.16. The van der Waals surface area contributed by atoms with E-state index in [-0.39, 0.29) is 18.4 Å². The van der Waals surface area contributed by atoms with E-state index in [9.17, 15) is 4.79 Å². The van der Waals surface area contributed by atoms with Crippen molar-refractivity contribution in [1.82, 2.24) is 20.3 Å². The van der Waals surface area contributed by atoms with Gasteiger partial charge >= 0.3 is 0 Å². The Bertz CT molecular complexity index is 1450. The van der Waals surface area contributed by atoms with Gasteiger partial charge in [-0.3, -0.25) is 4.79 Å². The third-order valence-electron chi connectivity index (χ3n) is 5.61. The van der Waals surface area contributed by atoms with Gasteiger partial charge in [-0.25, -0.2) is 15.0 Å². The van der Waals surface area contributed by atoms with Crippen LogP contribution in [0.2, 0.25) is 5.02 Å². The molecule has 0 aliphatic carbocycles. The van der Waals surface area contributed by atoms with Crippen molar-refractivity contribution in [2.75, 3.05) is 0 Å². The van der Waals surface area contributed by atoms with Crippen molar-refractivity contribution >= 4 is 28.6 Å². The molecular formula is C27H21ClN4O2. The van der Waals surface area contributed by atoms with Crippen LogP contribution in [0.1, 0.15) is 28.3 Å². The summed E-state index contributed by atoms with van der Waals surface area (Å²) in [5.41, 5.74) is 5.88. The van der Waals surface area contributed by atoms with Crippen molar-refractivity contribution in [3.8, 4) is 11.5 Å². The summed E-state index contributed by atoms with van der Waals surface area (Å²) in [6, 6.07) is 20.9. The summed E-state index contributed by atoms with van der Waals surface area (Å²) < 4.78 is 5.81. The minimum absolute atomic E-state index is 0.0947. The third kappa shape index (κ3) is 4.67. The molecule has 0 aliphatic heterocycles. The van der Waals surface area contributed by atoms with E-state index >= 15 is 0 Å². The largest absolute Gasteiger partial charge is 0.436 e. The molecule has 0 aliphatic rings. The summed E-state index contributed by atoms with van der Waals surface area (Å²) in [5.74, 6) is 0.349. The average molecular weight is 469 g/mol. The number of aromatic nitrogens is 3. The molecule has 168 valence electrons. The number of fused-ring (bicyclic) bond motifs is 1. The lowest BCUT2D eigenvalue weighted by Gasteiger charge is -2.22. The second-order valence-electron chi connectivity index (χ2n) is 8.04. The molecule has 2 aromatic heterocycles.